The van der Waals surface area contributed by atoms with E-state index >= 15 is 0 Å². The number of likely N-dealkylation sites (N-methyl/N-ethyl adjacent to an activating group) is 1. The van der Waals surface area contributed by atoms with Crippen LogP contribution in [-0.4, -0.2) is 62.0 Å². The van der Waals surface area contributed by atoms with Crippen LogP contribution in [0.1, 0.15) is 24.0 Å². The SMILES string of the molecule is CN1CCN(c2ccc(CNC(=O)C3CCN(Cc4cccc(Cl)c4)CC3)cc2)CC1. The van der Waals surface area contributed by atoms with E-state index in [1.165, 1.54) is 11.3 Å². The number of anilines is 1. The number of hydrogen-bond acceptors (Lipinski definition) is 4. The first kappa shape index (κ1) is 22.1. The summed E-state index contributed by atoms with van der Waals surface area (Å²) in [6.45, 7) is 7.75. The molecule has 0 unspecified atom stereocenters. The van der Waals surface area contributed by atoms with Gasteiger partial charge in [-0.3, -0.25) is 9.69 Å². The smallest absolute Gasteiger partial charge is 0.223 e. The van der Waals surface area contributed by atoms with Gasteiger partial charge < -0.3 is 15.1 Å². The van der Waals surface area contributed by atoms with Crippen molar-refractivity contribution in [3.05, 3.63) is 64.7 Å². The summed E-state index contributed by atoms with van der Waals surface area (Å²) in [6.07, 6.45) is 1.82. The van der Waals surface area contributed by atoms with Crippen molar-refractivity contribution in [1.29, 1.82) is 0 Å². The lowest BCUT2D eigenvalue weighted by atomic mass is 9.95. The number of piperidine rings is 1. The number of rotatable bonds is 6. The summed E-state index contributed by atoms with van der Waals surface area (Å²) in [5.74, 6) is 0.297. The molecule has 2 aliphatic rings. The first-order valence-electron chi connectivity index (χ1n) is 11.3. The third-order valence-corrected chi connectivity index (χ3v) is 6.76. The van der Waals surface area contributed by atoms with Crippen molar-refractivity contribution in [3.8, 4) is 0 Å². The molecule has 166 valence electrons. The minimum atomic E-state index is 0.111. The number of carbonyl (C=O) groups is 1. The lowest BCUT2D eigenvalue weighted by Crippen LogP contribution is -2.44. The van der Waals surface area contributed by atoms with Gasteiger partial charge in [-0.2, -0.15) is 0 Å². The zero-order valence-corrected chi connectivity index (χ0v) is 19.2. The Labute approximate surface area is 191 Å². The van der Waals surface area contributed by atoms with Gasteiger partial charge in [0.1, 0.15) is 0 Å². The van der Waals surface area contributed by atoms with Crippen molar-refractivity contribution in [2.75, 3.05) is 51.2 Å². The number of benzene rings is 2. The van der Waals surface area contributed by atoms with Crippen LogP contribution in [0.2, 0.25) is 5.02 Å². The summed E-state index contributed by atoms with van der Waals surface area (Å²) in [4.78, 5) is 19.9. The van der Waals surface area contributed by atoms with Crippen molar-refractivity contribution < 1.29 is 4.79 Å². The molecular weight excluding hydrogens is 408 g/mol. The fourth-order valence-corrected chi connectivity index (χ4v) is 4.68. The summed E-state index contributed by atoms with van der Waals surface area (Å²) >= 11 is 6.09. The van der Waals surface area contributed by atoms with Gasteiger partial charge in [-0.15, -0.1) is 0 Å². The van der Waals surface area contributed by atoms with E-state index in [4.69, 9.17) is 11.6 Å². The Morgan fingerprint density at radius 3 is 2.35 bits per heavy atom. The molecule has 4 rings (SSSR count). The molecule has 0 saturated carbocycles. The van der Waals surface area contributed by atoms with Crippen molar-refractivity contribution in [3.63, 3.8) is 0 Å². The molecule has 31 heavy (non-hydrogen) atoms. The first-order chi connectivity index (χ1) is 15.1. The second-order valence-electron chi connectivity index (χ2n) is 8.85. The Hall–Kier alpha value is -2.08. The van der Waals surface area contributed by atoms with Gasteiger partial charge in [0.15, 0.2) is 0 Å². The second-order valence-corrected chi connectivity index (χ2v) is 9.29. The van der Waals surface area contributed by atoms with Gasteiger partial charge in [-0.05, 0) is 68.4 Å². The topological polar surface area (TPSA) is 38.8 Å². The van der Waals surface area contributed by atoms with Gasteiger partial charge in [0.2, 0.25) is 5.91 Å². The van der Waals surface area contributed by atoms with Gasteiger partial charge in [0.05, 0.1) is 0 Å². The third-order valence-electron chi connectivity index (χ3n) is 6.53. The van der Waals surface area contributed by atoms with Crippen molar-refractivity contribution in [2.24, 2.45) is 5.92 Å². The second kappa shape index (κ2) is 10.5. The van der Waals surface area contributed by atoms with Crippen LogP contribution >= 0.6 is 11.6 Å². The van der Waals surface area contributed by atoms with E-state index in [-0.39, 0.29) is 11.8 Å². The Bertz CT molecular complexity index is 856. The molecular formula is C25H33ClN4O. The maximum atomic E-state index is 12.7. The molecule has 0 bridgehead atoms. The van der Waals surface area contributed by atoms with E-state index in [0.717, 1.165) is 69.2 Å². The van der Waals surface area contributed by atoms with Crippen molar-refractivity contribution >= 4 is 23.2 Å². The van der Waals surface area contributed by atoms with E-state index in [1.807, 2.05) is 18.2 Å². The van der Waals surface area contributed by atoms with Crippen LogP contribution in [0.4, 0.5) is 5.69 Å². The highest BCUT2D eigenvalue weighted by Gasteiger charge is 2.24. The third kappa shape index (κ3) is 6.22. The van der Waals surface area contributed by atoms with Gasteiger partial charge in [0, 0.05) is 55.9 Å². The molecule has 0 aliphatic carbocycles. The van der Waals surface area contributed by atoms with Gasteiger partial charge in [0.25, 0.3) is 0 Å². The molecule has 2 aliphatic heterocycles. The average molecular weight is 441 g/mol. The van der Waals surface area contributed by atoms with E-state index < -0.39 is 0 Å². The summed E-state index contributed by atoms with van der Waals surface area (Å²) in [6, 6.07) is 16.7. The molecule has 1 N–H and O–H groups in total. The Balaban J connectivity index is 1.20. The van der Waals surface area contributed by atoms with Gasteiger partial charge in [-0.25, -0.2) is 0 Å². The van der Waals surface area contributed by atoms with E-state index in [9.17, 15) is 4.79 Å². The standard InChI is InChI=1S/C25H33ClN4O/c1-28-13-15-30(16-14-28)24-7-5-20(6-8-24)18-27-25(31)22-9-11-29(12-10-22)19-21-3-2-4-23(26)17-21/h2-8,17,22H,9-16,18-19H2,1H3,(H,27,31). The number of halogens is 1. The monoisotopic (exact) mass is 440 g/mol. The summed E-state index contributed by atoms with van der Waals surface area (Å²) in [5, 5.41) is 3.93. The van der Waals surface area contributed by atoms with Crippen LogP contribution < -0.4 is 10.2 Å². The predicted molar refractivity (Wildman–Crippen MR) is 127 cm³/mol. The largest absolute Gasteiger partial charge is 0.369 e. The lowest BCUT2D eigenvalue weighted by Gasteiger charge is -2.34. The van der Waals surface area contributed by atoms with Crippen molar-refractivity contribution in [1.82, 2.24) is 15.1 Å². The minimum absolute atomic E-state index is 0.111. The Morgan fingerprint density at radius 2 is 1.68 bits per heavy atom. The zero-order valence-electron chi connectivity index (χ0n) is 18.4. The molecule has 1 amide bonds. The Morgan fingerprint density at radius 1 is 0.968 bits per heavy atom. The molecule has 5 nitrogen and oxygen atoms in total. The maximum absolute atomic E-state index is 12.7. The first-order valence-corrected chi connectivity index (χ1v) is 11.7. The number of likely N-dealkylation sites (tertiary alicyclic amines) is 1. The van der Waals surface area contributed by atoms with E-state index in [0.29, 0.717) is 6.54 Å². The average Bonchev–Trinajstić information content (AvgIpc) is 2.79. The van der Waals surface area contributed by atoms with Crippen LogP contribution in [0, 0.1) is 5.92 Å². The molecule has 0 radical (unpaired) electrons. The van der Waals surface area contributed by atoms with Crippen LogP contribution in [0.25, 0.3) is 0 Å². The highest BCUT2D eigenvalue weighted by Crippen LogP contribution is 2.21. The summed E-state index contributed by atoms with van der Waals surface area (Å²) in [7, 11) is 2.17. The van der Waals surface area contributed by atoms with Crippen molar-refractivity contribution in [2.45, 2.75) is 25.9 Å². The molecule has 0 atom stereocenters. The number of nitrogens with one attached hydrogen (secondary N) is 1. The molecule has 6 heteroatoms. The minimum Gasteiger partial charge on any atom is -0.369 e. The van der Waals surface area contributed by atoms with Gasteiger partial charge in [-0.1, -0.05) is 35.9 Å². The lowest BCUT2D eigenvalue weighted by molar-refractivity contribution is -0.126. The quantitative estimate of drug-likeness (QED) is 0.744. The summed E-state index contributed by atoms with van der Waals surface area (Å²) < 4.78 is 0. The Kier molecular flexibility index (Phi) is 7.49. The molecule has 0 spiro atoms. The molecule has 2 aromatic carbocycles. The number of nitrogens with zero attached hydrogens (tertiary/aromatic N) is 3. The van der Waals surface area contributed by atoms with E-state index in [2.05, 4.69) is 57.4 Å². The number of carbonyl (C=O) groups excluding carboxylic acids is 1. The number of piperazine rings is 1. The fourth-order valence-electron chi connectivity index (χ4n) is 4.47. The predicted octanol–water partition coefficient (Wildman–Crippen LogP) is 3.62. The molecule has 2 fully saturated rings. The van der Waals surface area contributed by atoms with Crippen LogP contribution in [0.3, 0.4) is 0 Å². The highest BCUT2D eigenvalue weighted by atomic mass is 35.5. The van der Waals surface area contributed by atoms with Crippen LogP contribution in [0.5, 0.6) is 0 Å². The van der Waals surface area contributed by atoms with Gasteiger partial charge >= 0.3 is 0 Å². The van der Waals surface area contributed by atoms with E-state index in [1.54, 1.807) is 0 Å². The fraction of sp³-hybridized carbons (Fsp3) is 0.480. The molecule has 2 aromatic rings. The summed E-state index contributed by atoms with van der Waals surface area (Å²) in [5.41, 5.74) is 3.66. The van der Waals surface area contributed by atoms with Crippen LogP contribution in [0.15, 0.2) is 48.5 Å². The molecule has 2 heterocycles. The number of amides is 1. The zero-order chi connectivity index (χ0) is 21.6. The van der Waals surface area contributed by atoms with Crippen LogP contribution in [-0.2, 0) is 17.9 Å². The highest BCUT2D eigenvalue weighted by molar-refractivity contribution is 6.30. The molecule has 0 aromatic heterocycles. The number of hydrogen-bond donors (Lipinski definition) is 1. The normalized spacial score (nSPS) is 18.8. The maximum Gasteiger partial charge on any atom is 0.223 e. The molecule has 2 saturated heterocycles.